The lowest BCUT2D eigenvalue weighted by atomic mass is 9.86. The van der Waals surface area contributed by atoms with Gasteiger partial charge in [-0.1, -0.05) is 12.8 Å². The molecular weight excluding hydrogens is 292 g/mol. The first kappa shape index (κ1) is 17.1. The molecule has 0 aliphatic heterocycles. The number of halogens is 6. The van der Waals surface area contributed by atoms with E-state index < -0.39 is 36.2 Å². The Bertz CT molecular complexity index is 327. The van der Waals surface area contributed by atoms with Gasteiger partial charge >= 0.3 is 12.4 Å². The molecule has 0 bridgehead atoms. The van der Waals surface area contributed by atoms with Gasteiger partial charge in [-0.15, -0.1) is 0 Å². The van der Waals surface area contributed by atoms with E-state index in [4.69, 9.17) is 0 Å². The first-order chi connectivity index (χ1) is 9.03. The molecule has 2 atom stereocenters. The standard InChI is InChI=1S/C11H15F6NO2/c12-10(13,14)8(11(15,16)17)9(20)18-5-6-3-1-2-4-7(6)19/h6-8,19H,1-5H2,(H,18,20). The number of carbonyl (C=O) groups is 1. The fourth-order valence-corrected chi connectivity index (χ4v) is 2.24. The molecule has 1 saturated carbocycles. The largest absolute Gasteiger partial charge is 0.409 e. The lowest BCUT2D eigenvalue weighted by molar-refractivity contribution is -0.274. The molecule has 0 aromatic heterocycles. The Hall–Kier alpha value is -0.990. The van der Waals surface area contributed by atoms with Crippen LogP contribution in [0.5, 0.6) is 0 Å². The van der Waals surface area contributed by atoms with Crippen molar-refractivity contribution >= 4 is 5.91 Å². The SMILES string of the molecule is O=C(NCC1CCCCC1O)C(C(F)(F)F)C(F)(F)F. The van der Waals surface area contributed by atoms with Gasteiger partial charge in [0.05, 0.1) is 6.10 Å². The summed E-state index contributed by atoms with van der Waals surface area (Å²) in [6.07, 6.45) is -9.81. The number of aliphatic hydroxyl groups is 1. The molecule has 1 aliphatic rings. The molecule has 118 valence electrons. The fourth-order valence-electron chi connectivity index (χ4n) is 2.24. The average Bonchev–Trinajstić information content (AvgIpc) is 2.23. The van der Waals surface area contributed by atoms with Crippen LogP contribution >= 0.6 is 0 Å². The van der Waals surface area contributed by atoms with Crippen molar-refractivity contribution in [3.63, 3.8) is 0 Å². The summed E-state index contributed by atoms with van der Waals surface area (Å²) >= 11 is 0. The molecule has 1 fully saturated rings. The van der Waals surface area contributed by atoms with Crippen LogP contribution in [0.15, 0.2) is 0 Å². The third-order valence-electron chi connectivity index (χ3n) is 3.32. The van der Waals surface area contributed by atoms with Gasteiger partial charge in [0, 0.05) is 12.5 Å². The van der Waals surface area contributed by atoms with Crippen LogP contribution in [0.3, 0.4) is 0 Å². The van der Waals surface area contributed by atoms with Crippen LogP contribution in [-0.2, 0) is 4.79 Å². The summed E-state index contributed by atoms with van der Waals surface area (Å²) in [6.45, 7) is -0.386. The van der Waals surface area contributed by atoms with Gasteiger partial charge in [-0.2, -0.15) is 26.3 Å². The molecule has 0 spiro atoms. The molecular formula is C11H15F6NO2. The highest BCUT2D eigenvalue weighted by Crippen LogP contribution is 2.39. The van der Waals surface area contributed by atoms with Gasteiger partial charge in [-0.25, -0.2) is 0 Å². The minimum Gasteiger partial charge on any atom is -0.393 e. The molecule has 9 heteroatoms. The quantitative estimate of drug-likeness (QED) is 0.787. The lowest BCUT2D eigenvalue weighted by Gasteiger charge is -2.29. The van der Waals surface area contributed by atoms with Crippen LogP contribution in [-0.4, -0.2) is 36.0 Å². The van der Waals surface area contributed by atoms with E-state index in [-0.39, 0.29) is 6.54 Å². The van der Waals surface area contributed by atoms with E-state index in [1.807, 2.05) is 0 Å². The third kappa shape index (κ3) is 4.53. The maximum Gasteiger partial charge on any atom is 0.409 e. The highest BCUT2D eigenvalue weighted by Gasteiger charge is 2.61. The molecule has 0 saturated heterocycles. The van der Waals surface area contributed by atoms with E-state index in [1.165, 1.54) is 0 Å². The Morgan fingerprint density at radius 2 is 1.60 bits per heavy atom. The van der Waals surface area contributed by atoms with E-state index >= 15 is 0 Å². The van der Waals surface area contributed by atoms with Crippen molar-refractivity contribution in [1.29, 1.82) is 0 Å². The normalized spacial score (nSPS) is 24.8. The number of rotatable bonds is 3. The summed E-state index contributed by atoms with van der Waals surface area (Å²) in [7, 11) is 0. The Morgan fingerprint density at radius 1 is 1.10 bits per heavy atom. The monoisotopic (exact) mass is 307 g/mol. The van der Waals surface area contributed by atoms with Gasteiger partial charge in [0.1, 0.15) is 0 Å². The summed E-state index contributed by atoms with van der Waals surface area (Å²) in [5, 5.41) is 11.2. The highest BCUT2D eigenvalue weighted by atomic mass is 19.4. The third-order valence-corrected chi connectivity index (χ3v) is 3.32. The lowest BCUT2D eigenvalue weighted by Crippen LogP contribution is -2.49. The van der Waals surface area contributed by atoms with Crippen molar-refractivity contribution in [1.82, 2.24) is 5.32 Å². The minimum atomic E-state index is -5.69. The van der Waals surface area contributed by atoms with Crippen molar-refractivity contribution in [2.24, 2.45) is 11.8 Å². The second-order valence-electron chi connectivity index (χ2n) is 4.87. The smallest absolute Gasteiger partial charge is 0.393 e. The van der Waals surface area contributed by atoms with Gasteiger partial charge < -0.3 is 10.4 Å². The van der Waals surface area contributed by atoms with Gasteiger partial charge in [0.25, 0.3) is 0 Å². The number of aliphatic hydroxyl groups excluding tert-OH is 1. The summed E-state index contributed by atoms with van der Waals surface area (Å²) in [6, 6.07) is 0. The molecule has 0 aromatic carbocycles. The second-order valence-corrected chi connectivity index (χ2v) is 4.87. The molecule has 2 unspecified atom stereocenters. The van der Waals surface area contributed by atoms with Crippen molar-refractivity contribution < 1.29 is 36.2 Å². The molecule has 0 aromatic rings. The molecule has 1 amide bonds. The molecule has 20 heavy (non-hydrogen) atoms. The Labute approximate surface area is 111 Å². The summed E-state index contributed by atoms with van der Waals surface area (Å²) < 4.78 is 73.7. The Kier molecular flexibility index (Phi) is 5.28. The maximum absolute atomic E-state index is 12.3. The Balaban J connectivity index is 2.63. The van der Waals surface area contributed by atoms with Crippen LogP contribution in [0.1, 0.15) is 25.7 Å². The zero-order valence-corrected chi connectivity index (χ0v) is 10.4. The summed E-state index contributed by atoms with van der Waals surface area (Å²) in [4.78, 5) is 11.2. The van der Waals surface area contributed by atoms with Gasteiger partial charge in [0.15, 0.2) is 0 Å². The van der Waals surface area contributed by atoms with Gasteiger partial charge in [-0.05, 0) is 12.8 Å². The first-order valence-electron chi connectivity index (χ1n) is 6.12. The molecule has 1 rings (SSSR count). The van der Waals surface area contributed by atoms with Crippen LogP contribution in [0.4, 0.5) is 26.3 Å². The van der Waals surface area contributed by atoms with Crippen molar-refractivity contribution in [2.75, 3.05) is 6.54 Å². The van der Waals surface area contributed by atoms with E-state index in [0.29, 0.717) is 12.8 Å². The highest BCUT2D eigenvalue weighted by molar-refractivity contribution is 5.80. The molecule has 0 radical (unpaired) electrons. The predicted molar refractivity (Wildman–Crippen MR) is 56.6 cm³/mol. The maximum atomic E-state index is 12.3. The number of alkyl halides is 6. The van der Waals surface area contributed by atoms with E-state index in [2.05, 4.69) is 0 Å². The van der Waals surface area contributed by atoms with E-state index in [1.54, 1.807) is 5.32 Å². The van der Waals surface area contributed by atoms with Gasteiger partial charge in [-0.3, -0.25) is 4.79 Å². The van der Waals surface area contributed by atoms with Crippen LogP contribution in [0.2, 0.25) is 0 Å². The number of nitrogens with one attached hydrogen (secondary N) is 1. The molecule has 0 heterocycles. The average molecular weight is 307 g/mol. The van der Waals surface area contributed by atoms with Crippen LogP contribution in [0, 0.1) is 11.8 Å². The zero-order chi connectivity index (χ0) is 15.6. The summed E-state index contributed by atoms with van der Waals surface area (Å²) in [5.74, 6) is -6.66. The van der Waals surface area contributed by atoms with Crippen molar-refractivity contribution in [3.8, 4) is 0 Å². The van der Waals surface area contributed by atoms with E-state index in [9.17, 15) is 36.2 Å². The molecule has 1 aliphatic carbocycles. The van der Waals surface area contributed by atoms with Crippen molar-refractivity contribution in [2.45, 2.75) is 44.1 Å². The number of amides is 1. The summed E-state index contributed by atoms with van der Waals surface area (Å²) in [5.41, 5.74) is 0. The number of hydrogen-bond acceptors (Lipinski definition) is 2. The van der Waals surface area contributed by atoms with Crippen LogP contribution < -0.4 is 5.32 Å². The molecule has 3 nitrogen and oxygen atoms in total. The van der Waals surface area contributed by atoms with E-state index in [0.717, 1.165) is 12.8 Å². The predicted octanol–water partition coefficient (Wildman–Crippen LogP) is 2.39. The number of hydrogen-bond donors (Lipinski definition) is 2. The topological polar surface area (TPSA) is 49.3 Å². The fraction of sp³-hybridized carbons (Fsp3) is 0.909. The van der Waals surface area contributed by atoms with Crippen molar-refractivity contribution in [3.05, 3.63) is 0 Å². The van der Waals surface area contributed by atoms with Gasteiger partial charge in [0.2, 0.25) is 11.8 Å². The number of carbonyl (C=O) groups excluding carboxylic acids is 1. The first-order valence-corrected chi connectivity index (χ1v) is 6.12. The Morgan fingerprint density at radius 3 is 2.05 bits per heavy atom. The minimum absolute atomic E-state index is 0.386. The molecule has 2 N–H and O–H groups in total. The van der Waals surface area contributed by atoms with Crippen LogP contribution in [0.25, 0.3) is 0 Å². The second kappa shape index (κ2) is 6.19. The zero-order valence-electron chi connectivity index (χ0n) is 10.4.